The van der Waals surface area contributed by atoms with Crippen LogP contribution in [0.1, 0.15) is 44.7 Å². The average Bonchev–Trinajstić information content (AvgIpc) is 3.05. The number of carbonyl (C=O) groups is 1. The number of carbonyl (C=O) groups excluding carboxylic acids is 1. The van der Waals surface area contributed by atoms with Crippen molar-refractivity contribution in [3.05, 3.63) is 38.4 Å². The predicted molar refractivity (Wildman–Crippen MR) is 79.1 cm³/mol. The number of hydrogen-bond donors (Lipinski definition) is 2. The predicted octanol–water partition coefficient (Wildman–Crippen LogP) is 3.54. The van der Waals surface area contributed by atoms with Gasteiger partial charge in [0.25, 0.3) is 5.91 Å². The molecule has 0 aromatic carbocycles. The molecule has 2 aromatic rings. The van der Waals surface area contributed by atoms with Gasteiger partial charge in [0.2, 0.25) is 0 Å². The van der Waals surface area contributed by atoms with E-state index in [1.54, 1.807) is 22.7 Å². The van der Waals surface area contributed by atoms with Crippen molar-refractivity contribution in [1.29, 1.82) is 0 Å². The first-order valence-corrected chi connectivity index (χ1v) is 8.28. The summed E-state index contributed by atoms with van der Waals surface area (Å²) in [5, 5.41) is 9.67. The van der Waals surface area contributed by atoms with Crippen molar-refractivity contribution in [2.45, 2.75) is 31.8 Å². The summed E-state index contributed by atoms with van der Waals surface area (Å²) in [6, 6.07) is 4.07. The first-order chi connectivity index (χ1) is 9.33. The first kappa shape index (κ1) is 11.5. The second-order valence-electron chi connectivity index (χ2n) is 4.98. The summed E-state index contributed by atoms with van der Waals surface area (Å²) in [6.07, 6.45) is 4.58. The molecule has 0 saturated heterocycles. The number of anilines is 1. The Kier molecular flexibility index (Phi) is 2.63. The van der Waals surface area contributed by atoms with Crippen molar-refractivity contribution in [3.8, 4) is 0 Å². The Hall–Kier alpha value is -1.33. The molecule has 0 radical (unpaired) electrons. The summed E-state index contributed by atoms with van der Waals surface area (Å²) in [5.74, 6) is 0.0894. The molecule has 3 nitrogen and oxygen atoms in total. The van der Waals surface area contributed by atoms with Gasteiger partial charge < -0.3 is 10.6 Å². The van der Waals surface area contributed by atoms with Crippen LogP contribution in [-0.2, 0) is 12.8 Å². The highest BCUT2D eigenvalue weighted by molar-refractivity contribution is 7.16. The number of nitrogens with one attached hydrogen (secondary N) is 2. The van der Waals surface area contributed by atoms with Gasteiger partial charge in [-0.1, -0.05) is 6.07 Å². The number of thiophene rings is 2. The SMILES string of the molecule is O=C1N[C@@H](c2cccs2)Nc2sc3c(c21)CCCC3. The molecular weight excluding hydrogens is 276 g/mol. The zero-order chi connectivity index (χ0) is 12.8. The molecule has 4 rings (SSSR count). The van der Waals surface area contributed by atoms with Gasteiger partial charge in [0, 0.05) is 9.75 Å². The van der Waals surface area contributed by atoms with Gasteiger partial charge in [0.05, 0.1) is 5.56 Å². The van der Waals surface area contributed by atoms with Crippen molar-refractivity contribution >= 4 is 33.6 Å². The Bertz CT molecular complexity index is 630. The van der Waals surface area contributed by atoms with E-state index in [1.807, 2.05) is 11.4 Å². The van der Waals surface area contributed by atoms with Crippen LogP contribution >= 0.6 is 22.7 Å². The van der Waals surface area contributed by atoms with Crippen molar-refractivity contribution in [3.63, 3.8) is 0 Å². The molecule has 0 spiro atoms. The Morgan fingerprint density at radius 1 is 1.21 bits per heavy atom. The van der Waals surface area contributed by atoms with Crippen LogP contribution in [0.5, 0.6) is 0 Å². The van der Waals surface area contributed by atoms with Crippen molar-refractivity contribution in [1.82, 2.24) is 5.32 Å². The van der Waals surface area contributed by atoms with E-state index in [2.05, 4.69) is 16.7 Å². The van der Waals surface area contributed by atoms with Gasteiger partial charge in [-0.15, -0.1) is 22.7 Å². The number of hydrogen-bond acceptors (Lipinski definition) is 4. The molecule has 0 bridgehead atoms. The summed E-state index contributed by atoms with van der Waals surface area (Å²) in [4.78, 5) is 15.0. The maximum absolute atomic E-state index is 12.4. The van der Waals surface area contributed by atoms with E-state index in [-0.39, 0.29) is 12.1 Å². The van der Waals surface area contributed by atoms with Crippen molar-refractivity contribution in [2.24, 2.45) is 0 Å². The second kappa shape index (κ2) is 4.35. The van der Waals surface area contributed by atoms with E-state index in [9.17, 15) is 4.79 Å². The highest BCUT2D eigenvalue weighted by Gasteiger charge is 2.32. The van der Waals surface area contributed by atoms with Gasteiger partial charge in [-0.2, -0.15) is 0 Å². The molecular formula is C14H14N2OS2. The average molecular weight is 290 g/mol. The lowest BCUT2D eigenvalue weighted by Gasteiger charge is -2.25. The summed E-state index contributed by atoms with van der Waals surface area (Å²) in [7, 11) is 0. The lowest BCUT2D eigenvalue weighted by Crippen LogP contribution is -2.37. The molecule has 1 amide bonds. The Morgan fingerprint density at radius 3 is 2.95 bits per heavy atom. The zero-order valence-corrected chi connectivity index (χ0v) is 12.0. The monoisotopic (exact) mass is 290 g/mol. The fraction of sp³-hybridized carbons (Fsp3) is 0.357. The summed E-state index contributed by atoms with van der Waals surface area (Å²) in [6.45, 7) is 0. The number of rotatable bonds is 1. The van der Waals surface area contributed by atoms with Gasteiger partial charge in [-0.3, -0.25) is 4.79 Å². The van der Waals surface area contributed by atoms with Crippen LogP contribution in [0.3, 0.4) is 0 Å². The molecule has 1 atom stereocenters. The van der Waals surface area contributed by atoms with E-state index in [0.29, 0.717) is 0 Å². The maximum Gasteiger partial charge on any atom is 0.256 e. The van der Waals surface area contributed by atoms with Gasteiger partial charge in [-0.05, 0) is 42.7 Å². The van der Waals surface area contributed by atoms with Crippen LogP contribution in [0.4, 0.5) is 5.00 Å². The summed E-state index contributed by atoms with van der Waals surface area (Å²) >= 11 is 3.44. The lowest BCUT2D eigenvalue weighted by atomic mass is 9.94. The number of amides is 1. The minimum atomic E-state index is -0.0693. The molecule has 19 heavy (non-hydrogen) atoms. The fourth-order valence-electron chi connectivity index (χ4n) is 2.88. The lowest BCUT2D eigenvalue weighted by molar-refractivity contribution is 0.0936. The topological polar surface area (TPSA) is 41.1 Å². The molecule has 98 valence electrons. The fourth-order valence-corrected chi connectivity index (χ4v) is 4.92. The van der Waals surface area contributed by atoms with Crippen molar-refractivity contribution < 1.29 is 4.79 Å². The van der Waals surface area contributed by atoms with E-state index < -0.39 is 0 Å². The van der Waals surface area contributed by atoms with Crippen LogP contribution in [-0.4, -0.2) is 5.91 Å². The van der Waals surface area contributed by atoms with E-state index >= 15 is 0 Å². The Labute approximate surface area is 119 Å². The van der Waals surface area contributed by atoms with Crippen LogP contribution in [0.25, 0.3) is 0 Å². The second-order valence-corrected chi connectivity index (χ2v) is 7.07. The highest BCUT2D eigenvalue weighted by Crippen LogP contribution is 2.41. The quantitative estimate of drug-likeness (QED) is 0.843. The van der Waals surface area contributed by atoms with Crippen LogP contribution < -0.4 is 10.6 Å². The van der Waals surface area contributed by atoms with Gasteiger partial charge in [0.1, 0.15) is 11.2 Å². The Morgan fingerprint density at radius 2 is 2.11 bits per heavy atom. The Balaban J connectivity index is 1.75. The normalized spacial score (nSPS) is 21.3. The van der Waals surface area contributed by atoms with Gasteiger partial charge in [-0.25, -0.2) is 0 Å². The standard InChI is InChI=1S/C14H14N2OS2/c17-13-11-8-4-1-2-5-9(8)19-14(11)16-12(15-13)10-6-3-7-18-10/h3,6-7,12,16H,1-2,4-5H2,(H,15,17)/t12-/m1/s1. The number of fused-ring (bicyclic) bond motifs is 3. The molecule has 1 aliphatic carbocycles. The third kappa shape index (κ3) is 1.80. The largest absolute Gasteiger partial charge is 0.352 e. The molecule has 3 heterocycles. The maximum atomic E-state index is 12.4. The number of aryl methyl sites for hydroxylation is 1. The van der Waals surface area contributed by atoms with Crippen LogP contribution in [0.2, 0.25) is 0 Å². The minimum Gasteiger partial charge on any atom is -0.352 e. The van der Waals surface area contributed by atoms with Gasteiger partial charge in [0.15, 0.2) is 0 Å². The molecule has 2 aliphatic rings. The van der Waals surface area contributed by atoms with E-state index in [0.717, 1.165) is 28.3 Å². The third-order valence-electron chi connectivity index (χ3n) is 3.78. The highest BCUT2D eigenvalue weighted by atomic mass is 32.1. The molecule has 0 saturated carbocycles. The molecule has 1 aliphatic heterocycles. The zero-order valence-electron chi connectivity index (χ0n) is 10.4. The summed E-state index contributed by atoms with van der Waals surface area (Å²) in [5.41, 5.74) is 2.20. The van der Waals surface area contributed by atoms with Gasteiger partial charge >= 0.3 is 0 Å². The third-order valence-corrected chi connectivity index (χ3v) is 5.94. The van der Waals surface area contributed by atoms with Crippen LogP contribution in [0, 0.1) is 0 Å². The molecule has 2 N–H and O–H groups in total. The smallest absolute Gasteiger partial charge is 0.256 e. The minimum absolute atomic E-state index is 0.0693. The first-order valence-electron chi connectivity index (χ1n) is 6.58. The van der Waals surface area contributed by atoms with Crippen molar-refractivity contribution in [2.75, 3.05) is 5.32 Å². The molecule has 5 heteroatoms. The van der Waals surface area contributed by atoms with E-state index in [1.165, 1.54) is 23.3 Å². The van der Waals surface area contributed by atoms with E-state index in [4.69, 9.17) is 0 Å². The summed E-state index contributed by atoms with van der Waals surface area (Å²) < 4.78 is 0. The molecule has 0 fully saturated rings. The molecule has 2 aromatic heterocycles. The van der Waals surface area contributed by atoms with Crippen LogP contribution in [0.15, 0.2) is 17.5 Å². The molecule has 0 unspecified atom stereocenters.